The number of hydrogen-bond donors (Lipinski definition) is 1. The van der Waals surface area contributed by atoms with E-state index in [4.69, 9.17) is 22.1 Å². The topological polar surface area (TPSA) is 47.6 Å². The number of ether oxygens (including phenoxy) is 1. The van der Waals surface area contributed by atoms with E-state index in [1.54, 1.807) is 18.2 Å². The summed E-state index contributed by atoms with van der Waals surface area (Å²) in [6.07, 6.45) is -2.53. The van der Waals surface area contributed by atoms with Crippen LogP contribution in [0.5, 0.6) is 5.75 Å². The van der Waals surface area contributed by atoms with Crippen LogP contribution in [-0.4, -0.2) is 24.7 Å². The minimum Gasteiger partial charge on any atom is -0.486 e. The van der Waals surface area contributed by atoms with Gasteiger partial charge in [-0.15, -0.1) is 11.6 Å². The molecule has 0 bridgehead atoms. The predicted octanol–water partition coefficient (Wildman–Crippen LogP) is 3.32. The maximum absolute atomic E-state index is 12.0. The SMILES string of the molecule is NC(CCl)=Nc1cccc(OCC(F)F)c1Br. The van der Waals surface area contributed by atoms with Gasteiger partial charge in [-0.3, -0.25) is 0 Å². The Kier molecular flexibility index (Phi) is 5.64. The molecule has 94 valence electrons. The van der Waals surface area contributed by atoms with Crippen molar-refractivity contribution in [2.45, 2.75) is 6.43 Å². The van der Waals surface area contributed by atoms with E-state index in [2.05, 4.69) is 20.9 Å². The van der Waals surface area contributed by atoms with Gasteiger partial charge in [0.15, 0.2) is 0 Å². The second kappa shape index (κ2) is 6.76. The van der Waals surface area contributed by atoms with Crippen molar-refractivity contribution >= 4 is 39.1 Å². The van der Waals surface area contributed by atoms with E-state index in [9.17, 15) is 8.78 Å². The fourth-order valence-electron chi connectivity index (χ4n) is 1.03. The third-order valence-electron chi connectivity index (χ3n) is 1.71. The first-order valence-corrected chi connectivity index (χ1v) is 5.95. The summed E-state index contributed by atoms with van der Waals surface area (Å²) in [6, 6.07) is 4.85. The van der Waals surface area contributed by atoms with Gasteiger partial charge in [-0.1, -0.05) is 6.07 Å². The van der Waals surface area contributed by atoms with Crippen molar-refractivity contribution in [1.29, 1.82) is 0 Å². The molecule has 0 radical (unpaired) electrons. The Morgan fingerprint density at radius 3 is 2.82 bits per heavy atom. The average molecular weight is 328 g/mol. The van der Waals surface area contributed by atoms with Crippen LogP contribution in [0.25, 0.3) is 0 Å². The van der Waals surface area contributed by atoms with Gasteiger partial charge in [0.05, 0.1) is 16.0 Å². The molecule has 0 heterocycles. The standard InChI is InChI=1S/C10H10BrClF2N2O/c11-10-6(16-9(15)4-12)2-1-3-7(10)17-5-8(13)14/h1-3,8H,4-5H2,(H2,15,16). The molecule has 0 atom stereocenters. The molecule has 0 unspecified atom stereocenters. The summed E-state index contributed by atoms with van der Waals surface area (Å²) in [4.78, 5) is 4.01. The lowest BCUT2D eigenvalue weighted by Gasteiger charge is -2.09. The molecule has 0 fully saturated rings. The van der Waals surface area contributed by atoms with E-state index in [0.717, 1.165) is 0 Å². The van der Waals surface area contributed by atoms with Gasteiger partial charge in [0.2, 0.25) is 0 Å². The van der Waals surface area contributed by atoms with Gasteiger partial charge in [0, 0.05) is 0 Å². The predicted molar refractivity (Wildman–Crippen MR) is 67.6 cm³/mol. The summed E-state index contributed by atoms with van der Waals surface area (Å²) in [6.45, 7) is -0.670. The van der Waals surface area contributed by atoms with Crippen molar-refractivity contribution < 1.29 is 13.5 Å². The normalized spacial score (nSPS) is 11.9. The summed E-state index contributed by atoms with van der Waals surface area (Å²) in [5.41, 5.74) is 5.96. The van der Waals surface area contributed by atoms with Crippen LogP contribution in [0, 0.1) is 0 Å². The van der Waals surface area contributed by atoms with Gasteiger partial charge in [0.25, 0.3) is 6.43 Å². The van der Waals surface area contributed by atoms with Gasteiger partial charge < -0.3 is 10.5 Å². The first kappa shape index (κ1) is 14.2. The van der Waals surface area contributed by atoms with Crippen molar-refractivity contribution in [3.8, 4) is 5.75 Å². The van der Waals surface area contributed by atoms with Gasteiger partial charge >= 0.3 is 0 Å². The molecule has 0 aliphatic rings. The van der Waals surface area contributed by atoms with E-state index in [1.807, 2.05) is 0 Å². The smallest absolute Gasteiger partial charge is 0.272 e. The van der Waals surface area contributed by atoms with Crippen LogP contribution in [0.4, 0.5) is 14.5 Å². The fourth-order valence-corrected chi connectivity index (χ4v) is 1.56. The molecule has 2 N–H and O–H groups in total. The van der Waals surface area contributed by atoms with Gasteiger partial charge in [-0.2, -0.15) is 0 Å². The second-order valence-electron chi connectivity index (χ2n) is 3.03. The van der Waals surface area contributed by atoms with E-state index in [0.29, 0.717) is 10.2 Å². The molecule has 0 amide bonds. The molecule has 0 saturated heterocycles. The van der Waals surface area contributed by atoms with Gasteiger partial charge in [0.1, 0.15) is 18.2 Å². The quantitative estimate of drug-likeness (QED) is 0.512. The van der Waals surface area contributed by atoms with E-state index < -0.39 is 13.0 Å². The Balaban J connectivity index is 2.91. The molecule has 0 aromatic heterocycles. The largest absolute Gasteiger partial charge is 0.486 e. The van der Waals surface area contributed by atoms with Crippen LogP contribution in [0.1, 0.15) is 0 Å². The maximum Gasteiger partial charge on any atom is 0.272 e. The van der Waals surface area contributed by atoms with Crippen molar-refractivity contribution in [3.05, 3.63) is 22.7 Å². The van der Waals surface area contributed by atoms with Crippen molar-refractivity contribution in [2.75, 3.05) is 12.5 Å². The molecule has 17 heavy (non-hydrogen) atoms. The summed E-state index contributed by atoms with van der Waals surface area (Å²) in [5, 5.41) is 0. The lowest BCUT2D eigenvalue weighted by Crippen LogP contribution is -2.12. The number of benzene rings is 1. The van der Waals surface area contributed by atoms with Crippen molar-refractivity contribution in [1.82, 2.24) is 0 Å². The lowest BCUT2D eigenvalue weighted by molar-refractivity contribution is 0.0815. The van der Waals surface area contributed by atoms with Crippen molar-refractivity contribution in [3.63, 3.8) is 0 Å². The molecule has 1 aromatic carbocycles. The highest BCUT2D eigenvalue weighted by atomic mass is 79.9. The third-order valence-corrected chi connectivity index (χ3v) is 2.78. The van der Waals surface area contributed by atoms with Crippen LogP contribution >= 0.6 is 27.5 Å². The zero-order chi connectivity index (χ0) is 12.8. The Labute approximate surface area is 111 Å². The second-order valence-corrected chi connectivity index (χ2v) is 4.09. The number of aliphatic imine (C=N–C) groups is 1. The molecule has 0 spiro atoms. The number of nitrogens with zero attached hydrogens (tertiary/aromatic N) is 1. The molecule has 3 nitrogen and oxygen atoms in total. The summed E-state index contributed by atoms with van der Waals surface area (Å²) < 4.78 is 29.4. The Bertz CT molecular complexity index is 415. The Morgan fingerprint density at radius 1 is 1.53 bits per heavy atom. The number of halogens is 4. The Hall–Kier alpha value is -0.880. The van der Waals surface area contributed by atoms with Crippen LogP contribution in [0.3, 0.4) is 0 Å². The average Bonchev–Trinajstić information content (AvgIpc) is 2.30. The molecule has 1 rings (SSSR count). The molecular formula is C10H10BrClF2N2O. The molecule has 0 saturated carbocycles. The number of rotatable bonds is 5. The highest BCUT2D eigenvalue weighted by Crippen LogP contribution is 2.34. The minimum atomic E-state index is -2.53. The zero-order valence-corrected chi connectivity index (χ0v) is 11.0. The molecular weight excluding hydrogens is 317 g/mol. The fraction of sp³-hybridized carbons (Fsp3) is 0.300. The van der Waals surface area contributed by atoms with E-state index in [1.165, 1.54) is 0 Å². The number of nitrogens with two attached hydrogens (primary N) is 1. The Morgan fingerprint density at radius 2 is 2.24 bits per heavy atom. The van der Waals surface area contributed by atoms with Crippen LogP contribution < -0.4 is 10.5 Å². The first-order valence-electron chi connectivity index (χ1n) is 4.63. The highest BCUT2D eigenvalue weighted by molar-refractivity contribution is 9.10. The summed E-state index contributed by atoms with van der Waals surface area (Å²) >= 11 is 8.71. The van der Waals surface area contributed by atoms with E-state index in [-0.39, 0.29) is 17.5 Å². The number of amidine groups is 1. The third kappa shape index (κ3) is 4.47. The summed E-state index contributed by atoms with van der Waals surface area (Å²) in [7, 11) is 0. The molecule has 0 aliphatic heterocycles. The molecule has 0 aliphatic carbocycles. The highest BCUT2D eigenvalue weighted by Gasteiger charge is 2.09. The molecule has 7 heteroatoms. The van der Waals surface area contributed by atoms with Gasteiger partial charge in [-0.05, 0) is 28.1 Å². The number of hydrogen-bond acceptors (Lipinski definition) is 2. The van der Waals surface area contributed by atoms with E-state index >= 15 is 0 Å². The maximum atomic E-state index is 12.0. The zero-order valence-electron chi connectivity index (χ0n) is 8.67. The number of alkyl halides is 3. The van der Waals surface area contributed by atoms with Crippen LogP contribution in [0.15, 0.2) is 27.7 Å². The van der Waals surface area contributed by atoms with Crippen LogP contribution in [-0.2, 0) is 0 Å². The summed E-state index contributed by atoms with van der Waals surface area (Å²) in [5.74, 6) is 0.612. The van der Waals surface area contributed by atoms with Crippen LogP contribution in [0.2, 0.25) is 0 Å². The van der Waals surface area contributed by atoms with Crippen molar-refractivity contribution in [2.24, 2.45) is 10.7 Å². The van der Waals surface area contributed by atoms with Gasteiger partial charge in [-0.25, -0.2) is 13.8 Å². The first-order chi connectivity index (χ1) is 8.04. The molecule has 1 aromatic rings. The lowest BCUT2D eigenvalue weighted by atomic mass is 10.3. The minimum absolute atomic E-state index is 0.0918. The monoisotopic (exact) mass is 326 g/mol.